The summed E-state index contributed by atoms with van der Waals surface area (Å²) in [6, 6.07) is 4.37. The maximum absolute atomic E-state index is 5.63. The Morgan fingerprint density at radius 3 is 2.66 bits per heavy atom. The van der Waals surface area contributed by atoms with E-state index in [0.717, 1.165) is 85.5 Å². The predicted molar refractivity (Wildman–Crippen MR) is 140 cm³/mol. The standard InChI is InChI=1S/C26H31N7OS/c1-2-18(1)16-31-5-7-32(8-6-31)17-19-13-22-24(35-19)26(33-9-11-34-12-10-33)30-25(29-22)21-14-27-15-23-20(21)3-4-28-23/h3-4,13-15,18,28H,1-2,5-12,16-17H2. The number of H-pyrrole nitrogens is 1. The van der Waals surface area contributed by atoms with Crippen molar-refractivity contribution in [3.63, 3.8) is 0 Å². The van der Waals surface area contributed by atoms with Gasteiger partial charge >= 0.3 is 0 Å². The summed E-state index contributed by atoms with van der Waals surface area (Å²) in [4.78, 5) is 26.9. The Labute approximate surface area is 208 Å². The average molecular weight is 490 g/mol. The van der Waals surface area contributed by atoms with E-state index in [2.05, 4.69) is 36.8 Å². The number of piperazine rings is 1. The first kappa shape index (κ1) is 21.7. The monoisotopic (exact) mass is 489 g/mol. The Hall–Kier alpha value is -2.59. The summed E-state index contributed by atoms with van der Waals surface area (Å²) in [5.74, 6) is 2.75. The second-order valence-corrected chi connectivity index (χ2v) is 11.2. The zero-order valence-electron chi connectivity index (χ0n) is 19.9. The van der Waals surface area contributed by atoms with Crippen LogP contribution in [0.1, 0.15) is 17.7 Å². The van der Waals surface area contributed by atoms with Crippen molar-refractivity contribution in [2.24, 2.45) is 5.92 Å². The summed E-state index contributed by atoms with van der Waals surface area (Å²) in [7, 11) is 0. The van der Waals surface area contributed by atoms with Crippen molar-refractivity contribution < 1.29 is 4.74 Å². The van der Waals surface area contributed by atoms with E-state index < -0.39 is 0 Å². The topological polar surface area (TPSA) is 73.4 Å². The van der Waals surface area contributed by atoms with Crippen molar-refractivity contribution >= 4 is 38.3 Å². The molecule has 2 saturated heterocycles. The lowest BCUT2D eigenvalue weighted by molar-refractivity contribution is 0.122. The van der Waals surface area contributed by atoms with Gasteiger partial charge in [0, 0.05) is 80.6 Å². The van der Waals surface area contributed by atoms with Crippen LogP contribution in [-0.4, -0.2) is 88.8 Å². The minimum Gasteiger partial charge on any atom is -0.378 e. The molecule has 0 bridgehead atoms. The van der Waals surface area contributed by atoms with Crippen molar-refractivity contribution in [3.8, 4) is 11.4 Å². The molecular weight excluding hydrogens is 458 g/mol. The van der Waals surface area contributed by atoms with E-state index >= 15 is 0 Å². The number of thiophene rings is 1. The highest BCUT2D eigenvalue weighted by molar-refractivity contribution is 7.19. The minimum absolute atomic E-state index is 0.735. The fourth-order valence-corrected chi connectivity index (χ4v) is 6.48. The van der Waals surface area contributed by atoms with Gasteiger partial charge in [0.1, 0.15) is 0 Å². The number of nitrogens with one attached hydrogen (secondary N) is 1. The number of hydrogen-bond acceptors (Lipinski definition) is 8. The molecule has 2 aliphatic heterocycles. The Kier molecular flexibility index (Phi) is 5.65. The maximum Gasteiger partial charge on any atom is 0.164 e. The highest BCUT2D eigenvalue weighted by Crippen LogP contribution is 2.36. The molecule has 0 unspecified atom stereocenters. The van der Waals surface area contributed by atoms with Crippen molar-refractivity contribution in [1.82, 2.24) is 29.7 Å². The van der Waals surface area contributed by atoms with Gasteiger partial charge in [-0.25, -0.2) is 9.97 Å². The molecule has 7 rings (SSSR count). The molecule has 3 fully saturated rings. The Bertz CT molecular complexity index is 1330. The van der Waals surface area contributed by atoms with Gasteiger partial charge in [-0.3, -0.25) is 9.88 Å². The van der Waals surface area contributed by atoms with E-state index in [-0.39, 0.29) is 0 Å². The van der Waals surface area contributed by atoms with Crippen LogP contribution in [0.2, 0.25) is 0 Å². The first-order valence-electron chi connectivity index (χ1n) is 12.8. The van der Waals surface area contributed by atoms with E-state index in [1.807, 2.05) is 29.9 Å². The van der Waals surface area contributed by atoms with Gasteiger partial charge < -0.3 is 19.5 Å². The number of nitrogens with zero attached hydrogens (tertiary/aromatic N) is 6. The molecule has 0 atom stereocenters. The molecule has 1 saturated carbocycles. The van der Waals surface area contributed by atoms with Crippen LogP contribution >= 0.6 is 11.3 Å². The molecule has 1 N–H and O–H groups in total. The van der Waals surface area contributed by atoms with Crippen molar-refractivity contribution in [3.05, 3.63) is 35.6 Å². The smallest absolute Gasteiger partial charge is 0.164 e. The lowest BCUT2D eigenvalue weighted by Crippen LogP contribution is -2.46. The highest BCUT2D eigenvalue weighted by Gasteiger charge is 2.27. The van der Waals surface area contributed by atoms with Gasteiger partial charge in [-0.1, -0.05) is 0 Å². The first-order chi connectivity index (χ1) is 17.3. The second-order valence-electron chi connectivity index (χ2n) is 10.0. The van der Waals surface area contributed by atoms with Gasteiger partial charge in [-0.15, -0.1) is 11.3 Å². The lowest BCUT2D eigenvalue weighted by atomic mass is 10.1. The predicted octanol–water partition coefficient (Wildman–Crippen LogP) is 3.60. The number of anilines is 1. The Balaban J connectivity index is 1.21. The largest absolute Gasteiger partial charge is 0.378 e. The number of fused-ring (bicyclic) bond motifs is 2. The van der Waals surface area contributed by atoms with E-state index in [0.29, 0.717) is 0 Å². The highest BCUT2D eigenvalue weighted by atomic mass is 32.1. The fraction of sp³-hybridized carbons (Fsp3) is 0.500. The SMILES string of the molecule is c1cc2c(-c3nc(N4CCOCC4)c4sc(CN5CCN(CC6CC6)CC5)cc4n3)cncc2[nH]1. The zero-order valence-corrected chi connectivity index (χ0v) is 20.8. The molecule has 8 nitrogen and oxygen atoms in total. The van der Waals surface area contributed by atoms with Crippen molar-refractivity contribution in [1.29, 1.82) is 0 Å². The number of pyridine rings is 1. The second kappa shape index (κ2) is 9.13. The summed E-state index contributed by atoms with van der Waals surface area (Å²) in [6.07, 6.45) is 8.56. The molecule has 4 aromatic heterocycles. The summed E-state index contributed by atoms with van der Waals surface area (Å²) in [5, 5.41) is 1.10. The van der Waals surface area contributed by atoms with Crippen LogP contribution < -0.4 is 4.90 Å². The molecular formula is C26H31N7OS. The van der Waals surface area contributed by atoms with E-state index in [1.54, 1.807) is 0 Å². The molecule has 182 valence electrons. The molecule has 9 heteroatoms. The molecule has 1 aliphatic carbocycles. The number of rotatable bonds is 6. The van der Waals surface area contributed by atoms with Gasteiger partial charge in [0.05, 0.1) is 35.1 Å². The van der Waals surface area contributed by atoms with Crippen LogP contribution in [0.4, 0.5) is 5.82 Å². The molecule has 6 heterocycles. The quantitative estimate of drug-likeness (QED) is 0.444. The normalized spacial score (nSPS) is 20.3. The molecule has 0 aromatic carbocycles. The summed E-state index contributed by atoms with van der Waals surface area (Å²) in [5.41, 5.74) is 3.02. The minimum atomic E-state index is 0.735. The fourth-order valence-electron chi connectivity index (χ4n) is 5.33. The van der Waals surface area contributed by atoms with E-state index in [1.165, 1.54) is 42.1 Å². The number of morpholine rings is 1. The Morgan fingerprint density at radius 2 is 1.83 bits per heavy atom. The molecule has 0 amide bonds. The summed E-state index contributed by atoms with van der Waals surface area (Å²) in [6.45, 7) is 10.2. The maximum atomic E-state index is 5.63. The number of hydrogen-bond donors (Lipinski definition) is 1. The molecule has 3 aliphatic rings. The van der Waals surface area contributed by atoms with Gasteiger partial charge in [0.25, 0.3) is 0 Å². The first-order valence-corrected chi connectivity index (χ1v) is 13.6. The summed E-state index contributed by atoms with van der Waals surface area (Å²) >= 11 is 1.86. The van der Waals surface area contributed by atoms with Gasteiger partial charge in [-0.05, 0) is 30.9 Å². The molecule has 0 radical (unpaired) electrons. The van der Waals surface area contributed by atoms with Crippen LogP contribution in [0.3, 0.4) is 0 Å². The van der Waals surface area contributed by atoms with Crippen molar-refractivity contribution in [2.45, 2.75) is 19.4 Å². The van der Waals surface area contributed by atoms with Crippen LogP contribution in [-0.2, 0) is 11.3 Å². The number of aromatic nitrogens is 4. The van der Waals surface area contributed by atoms with Gasteiger partial charge in [0.15, 0.2) is 11.6 Å². The third-order valence-electron chi connectivity index (χ3n) is 7.49. The zero-order chi connectivity index (χ0) is 23.2. The summed E-state index contributed by atoms with van der Waals surface area (Å²) < 4.78 is 6.82. The third kappa shape index (κ3) is 4.42. The number of aromatic amines is 1. The molecule has 0 spiro atoms. The third-order valence-corrected chi connectivity index (χ3v) is 8.60. The van der Waals surface area contributed by atoms with E-state index in [4.69, 9.17) is 14.7 Å². The van der Waals surface area contributed by atoms with Crippen LogP contribution in [0.5, 0.6) is 0 Å². The number of ether oxygens (including phenoxy) is 1. The molecule has 4 aromatic rings. The average Bonchev–Trinajstić information content (AvgIpc) is 3.41. The van der Waals surface area contributed by atoms with Crippen LogP contribution in [0.15, 0.2) is 30.7 Å². The van der Waals surface area contributed by atoms with Crippen LogP contribution in [0.25, 0.3) is 32.5 Å². The van der Waals surface area contributed by atoms with Gasteiger partial charge in [0.2, 0.25) is 0 Å². The van der Waals surface area contributed by atoms with Crippen molar-refractivity contribution in [2.75, 3.05) is 63.9 Å². The van der Waals surface area contributed by atoms with Gasteiger partial charge in [-0.2, -0.15) is 0 Å². The lowest BCUT2D eigenvalue weighted by Gasteiger charge is -2.34. The van der Waals surface area contributed by atoms with E-state index in [9.17, 15) is 0 Å². The van der Waals surface area contributed by atoms with Crippen LogP contribution in [0, 0.1) is 5.92 Å². The Morgan fingerprint density at radius 1 is 1.00 bits per heavy atom. The molecule has 35 heavy (non-hydrogen) atoms.